The Morgan fingerprint density at radius 2 is 1.94 bits per heavy atom. The number of nitrogens with zero attached hydrogens (tertiary/aromatic N) is 2. The highest BCUT2D eigenvalue weighted by molar-refractivity contribution is 7.89. The van der Waals surface area contributed by atoms with Crippen LogP contribution in [0.25, 0.3) is 0 Å². The summed E-state index contributed by atoms with van der Waals surface area (Å²) in [5.74, 6) is 1.11. The Bertz CT molecular complexity index is 549. The first-order valence-electron chi connectivity index (χ1n) is 6.19. The number of halogens is 1. The summed E-state index contributed by atoms with van der Waals surface area (Å²) in [7, 11) is -3.39. The van der Waals surface area contributed by atoms with Gasteiger partial charge in [-0.2, -0.15) is 4.31 Å². The first kappa shape index (κ1) is 12.4. The number of fused-ring (bicyclic) bond motifs is 1. The highest BCUT2D eigenvalue weighted by Crippen LogP contribution is 2.39. The van der Waals surface area contributed by atoms with Gasteiger partial charge in [-0.1, -0.05) is 18.0 Å². The van der Waals surface area contributed by atoms with Gasteiger partial charge in [0.1, 0.15) is 5.15 Å². The zero-order chi connectivity index (χ0) is 12.8. The van der Waals surface area contributed by atoms with E-state index in [-0.39, 0.29) is 10.0 Å². The third-order valence-electron chi connectivity index (χ3n) is 4.03. The number of pyridine rings is 1. The van der Waals surface area contributed by atoms with Crippen LogP contribution in [0.4, 0.5) is 0 Å². The third kappa shape index (κ3) is 2.04. The molecule has 2 fully saturated rings. The first-order valence-corrected chi connectivity index (χ1v) is 8.01. The Morgan fingerprint density at radius 3 is 2.56 bits per heavy atom. The molecule has 1 aliphatic carbocycles. The van der Waals surface area contributed by atoms with E-state index in [9.17, 15) is 8.42 Å². The number of sulfonamides is 1. The Labute approximate surface area is 112 Å². The lowest BCUT2D eigenvalue weighted by atomic mass is 10.0. The highest BCUT2D eigenvalue weighted by Gasteiger charge is 2.41. The van der Waals surface area contributed by atoms with Crippen molar-refractivity contribution in [3.8, 4) is 0 Å². The van der Waals surface area contributed by atoms with Crippen LogP contribution >= 0.6 is 11.6 Å². The lowest BCUT2D eigenvalue weighted by molar-refractivity contribution is 0.445. The third-order valence-corrected chi connectivity index (χ3v) is 6.06. The molecule has 0 radical (unpaired) electrons. The standard InChI is InChI=1S/C12H15ClN2O2S/c13-12-6-11(4-5-14-12)18(16,17)15-7-9-2-1-3-10(9)8-15/h4-6,9-10H,1-3,7-8H2. The van der Waals surface area contributed by atoms with Gasteiger partial charge in [0.25, 0.3) is 0 Å². The van der Waals surface area contributed by atoms with Crippen LogP contribution in [0.3, 0.4) is 0 Å². The summed E-state index contributed by atoms with van der Waals surface area (Å²) in [4.78, 5) is 4.07. The van der Waals surface area contributed by atoms with E-state index in [1.165, 1.54) is 24.8 Å². The van der Waals surface area contributed by atoms with E-state index in [1.54, 1.807) is 4.31 Å². The average Bonchev–Trinajstić information content (AvgIpc) is 2.89. The fourth-order valence-electron chi connectivity index (χ4n) is 3.08. The van der Waals surface area contributed by atoms with Crippen molar-refractivity contribution >= 4 is 21.6 Å². The van der Waals surface area contributed by atoms with Crippen molar-refractivity contribution in [2.45, 2.75) is 24.2 Å². The maximum absolute atomic E-state index is 12.5. The van der Waals surface area contributed by atoms with Crippen molar-refractivity contribution in [2.75, 3.05) is 13.1 Å². The molecule has 0 aromatic carbocycles. The quantitative estimate of drug-likeness (QED) is 0.783. The number of aromatic nitrogens is 1. The molecule has 0 bridgehead atoms. The van der Waals surface area contributed by atoms with Gasteiger partial charge >= 0.3 is 0 Å². The molecule has 1 aromatic rings. The van der Waals surface area contributed by atoms with Crippen LogP contribution in [0.2, 0.25) is 5.15 Å². The lowest BCUT2D eigenvalue weighted by Gasteiger charge is -2.17. The zero-order valence-corrected chi connectivity index (χ0v) is 11.5. The molecule has 2 atom stereocenters. The molecule has 0 spiro atoms. The SMILES string of the molecule is O=S(=O)(c1ccnc(Cl)c1)N1CC2CCCC2C1. The second-order valence-corrected chi connectivity index (χ2v) is 7.41. The van der Waals surface area contributed by atoms with Crippen LogP contribution in [0.5, 0.6) is 0 Å². The van der Waals surface area contributed by atoms with Gasteiger partial charge in [-0.05, 0) is 36.8 Å². The minimum absolute atomic E-state index is 0.218. The fourth-order valence-corrected chi connectivity index (χ4v) is 4.89. The molecule has 98 valence electrons. The van der Waals surface area contributed by atoms with Crippen LogP contribution in [0.15, 0.2) is 23.2 Å². The van der Waals surface area contributed by atoms with E-state index in [2.05, 4.69) is 4.98 Å². The van der Waals surface area contributed by atoms with Crippen molar-refractivity contribution in [3.63, 3.8) is 0 Å². The Morgan fingerprint density at radius 1 is 1.28 bits per heavy atom. The van der Waals surface area contributed by atoms with Crippen LogP contribution in [-0.2, 0) is 10.0 Å². The Balaban J connectivity index is 1.87. The maximum Gasteiger partial charge on any atom is 0.243 e. The summed E-state index contributed by atoms with van der Waals surface area (Å²) >= 11 is 5.76. The maximum atomic E-state index is 12.5. The molecule has 0 amide bonds. The van der Waals surface area contributed by atoms with Gasteiger partial charge in [0.15, 0.2) is 0 Å². The van der Waals surface area contributed by atoms with E-state index >= 15 is 0 Å². The molecular weight excluding hydrogens is 272 g/mol. The molecule has 1 aliphatic heterocycles. The molecule has 1 aromatic heterocycles. The van der Waals surface area contributed by atoms with Gasteiger partial charge < -0.3 is 0 Å². The van der Waals surface area contributed by atoms with Crippen molar-refractivity contribution in [3.05, 3.63) is 23.5 Å². The number of rotatable bonds is 2. The van der Waals surface area contributed by atoms with Gasteiger partial charge in [-0.25, -0.2) is 13.4 Å². The van der Waals surface area contributed by atoms with Gasteiger partial charge in [-0.3, -0.25) is 0 Å². The van der Waals surface area contributed by atoms with Crippen LogP contribution in [0, 0.1) is 11.8 Å². The van der Waals surface area contributed by atoms with E-state index in [0.717, 1.165) is 12.8 Å². The van der Waals surface area contributed by atoms with Crippen LogP contribution < -0.4 is 0 Å². The molecule has 1 saturated heterocycles. The summed E-state index contributed by atoms with van der Waals surface area (Å²) in [6.45, 7) is 1.32. The molecule has 3 rings (SSSR count). The second kappa shape index (κ2) is 4.47. The minimum atomic E-state index is -3.39. The Hall–Kier alpha value is -0.650. The molecular formula is C12H15ClN2O2S. The predicted octanol–water partition coefficient (Wildman–Crippen LogP) is 2.16. The lowest BCUT2D eigenvalue weighted by Crippen LogP contribution is -2.29. The van der Waals surface area contributed by atoms with E-state index in [1.807, 2.05) is 0 Å². The summed E-state index contributed by atoms with van der Waals surface area (Å²) in [5, 5.41) is 0.218. The predicted molar refractivity (Wildman–Crippen MR) is 68.8 cm³/mol. The fraction of sp³-hybridized carbons (Fsp3) is 0.583. The second-order valence-electron chi connectivity index (χ2n) is 5.09. The first-order chi connectivity index (χ1) is 8.57. The van der Waals surface area contributed by atoms with E-state index < -0.39 is 10.0 Å². The number of hydrogen-bond donors (Lipinski definition) is 0. The number of hydrogen-bond acceptors (Lipinski definition) is 3. The molecule has 4 nitrogen and oxygen atoms in total. The molecule has 2 heterocycles. The summed E-state index contributed by atoms with van der Waals surface area (Å²) in [6.07, 6.45) is 5.00. The minimum Gasteiger partial charge on any atom is -0.244 e. The summed E-state index contributed by atoms with van der Waals surface area (Å²) in [6, 6.07) is 2.93. The smallest absolute Gasteiger partial charge is 0.243 e. The molecule has 1 saturated carbocycles. The molecule has 6 heteroatoms. The van der Waals surface area contributed by atoms with E-state index in [0.29, 0.717) is 24.9 Å². The monoisotopic (exact) mass is 286 g/mol. The van der Waals surface area contributed by atoms with Gasteiger partial charge in [0.05, 0.1) is 4.90 Å². The average molecular weight is 287 g/mol. The largest absolute Gasteiger partial charge is 0.244 e. The molecule has 0 N–H and O–H groups in total. The van der Waals surface area contributed by atoms with E-state index in [4.69, 9.17) is 11.6 Å². The topological polar surface area (TPSA) is 50.3 Å². The molecule has 18 heavy (non-hydrogen) atoms. The van der Waals surface area contributed by atoms with Gasteiger partial charge in [-0.15, -0.1) is 0 Å². The summed E-state index contributed by atoms with van der Waals surface area (Å²) < 4.78 is 26.5. The van der Waals surface area contributed by atoms with Crippen molar-refractivity contribution in [2.24, 2.45) is 11.8 Å². The van der Waals surface area contributed by atoms with Crippen molar-refractivity contribution in [1.29, 1.82) is 0 Å². The zero-order valence-electron chi connectivity index (χ0n) is 9.92. The van der Waals surface area contributed by atoms with Crippen LogP contribution in [-0.4, -0.2) is 30.8 Å². The summed E-state index contributed by atoms with van der Waals surface area (Å²) in [5.41, 5.74) is 0. The highest BCUT2D eigenvalue weighted by atomic mass is 35.5. The Kier molecular flexibility index (Phi) is 3.08. The van der Waals surface area contributed by atoms with Gasteiger partial charge in [0, 0.05) is 19.3 Å². The van der Waals surface area contributed by atoms with Gasteiger partial charge in [0.2, 0.25) is 10.0 Å². The normalized spacial score (nSPS) is 28.5. The molecule has 2 unspecified atom stereocenters. The molecule has 2 aliphatic rings. The van der Waals surface area contributed by atoms with Crippen LogP contribution in [0.1, 0.15) is 19.3 Å². The van der Waals surface area contributed by atoms with Crippen molar-refractivity contribution in [1.82, 2.24) is 9.29 Å². The van der Waals surface area contributed by atoms with Crippen molar-refractivity contribution < 1.29 is 8.42 Å².